The quantitative estimate of drug-likeness (QED) is 0.504. The molecule has 1 amide bonds. The number of hydrogen-bond acceptors (Lipinski definition) is 4. The summed E-state index contributed by atoms with van der Waals surface area (Å²) in [7, 11) is -3.95. The van der Waals surface area contributed by atoms with Crippen molar-refractivity contribution in [3.05, 3.63) is 70.8 Å². The van der Waals surface area contributed by atoms with E-state index in [0.717, 1.165) is 16.4 Å². The molecule has 34 heavy (non-hydrogen) atoms. The second-order valence-corrected chi connectivity index (χ2v) is 10.7. The molecule has 6 nitrogen and oxygen atoms in total. The molecule has 2 aliphatic rings. The van der Waals surface area contributed by atoms with Crippen LogP contribution < -0.4 is 5.32 Å². The van der Waals surface area contributed by atoms with Crippen LogP contribution in [0, 0.1) is 35.3 Å². The van der Waals surface area contributed by atoms with Gasteiger partial charge in [0.25, 0.3) is 0 Å². The van der Waals surface area contributed by atoms with Crippen LogP contribution >= 0.6 is 0 Å². The molecule has 0 unspecified atom stereocenters. The first kappa shape index (κ1) is 23.9. The topological polar surface area (TPSA) is 90.3 Å². The molecule has 1 saturated carbocycles. The molecule has 0 radical (unpaired) electrons. The van der Waals surface area contributed by atoms with Gasteiger partial charge in [0.2, 0.25) is 15.9 Å². The number of nitriles is 1. The van der Waals surface area contributed by atoms with Gasteiger partial charge >= 0.3 is 0 Å². The smallest absolute Gasteiger partial charge is 0.231 e. The molecule has 2 atom stereocenters. The van der Waals surface area contributed by atoms with E-state index in [2.05, 4.69) is 11.2 Å². The number of amides is 1. The first-order valence-electron chi connectivity index (χ1n) is 10.9. The molecule has 1 aliphatic carbocycles. The van der Waals surface area contributed by atoms with Crippen molar-refractivity contribution in [2.24, 2.45) is 0 Å². The van der Waals surface area contributed by atoms with Gasteiger partial charge < -0.3 is 5.32 Å². The number of nitrogens with zero attached hydrogens (tertiary/aromatic N) is 2. The van der Waals surface area contributed by atoms with Gasteiger partial charge in [-0.2, -0.15) is 9.57 Å². The van der Waals surface area contributed by atoms with Gasteiger partial charge in [0, 0.05) is 17.7 Å². The summed E-state index contributed by atoms with van der Waals surface area (Å²) in [5.41, 5.74) is -0.852. The largest absolute Gasteiger partial charge is 0.342 e. The first-order chi connectivity index (χ1) is 16.2. The van der Waals surface area contributed by atoms with Crippen molar-refractivity contribution >= 4 is 15.9 Å². The van der Waals surface area contributed by atoms with E-state index in [1.54, 1.807) is 36.4 Å². The molecule has 0 aromatic heterocycles. The van der Waals surface area contributed by atoms with E-state index in [4.69, 9.17) is 11.7 Å². The molecule has 2 aromatic carbocycles. The van der Waals surface area contributed by atoms with Crippen LogP contribution in [-0.4, -0.2) is 31.2 Å². The van der Waals surface area contributed by atoms with Crippen molar-refractivity contribution in [3.8, 4) is 18.4 Å². The first-order valence-corrected chi connectivity index (χ1v) is 12.4. The summed E-state index contributed by atoms with van der Waals surface area (Å²) in [5, 5.41) is 10.2. The standard InChI is InChI=1S/C25H23F2N3O3S/c1-2-19-8-9-23(17-6-4-3-5-7-17)34(32,33)30(19)16-18-14-22(27)20(15-21(18)26)25(10-11-25)24(31)29-13-12-28/h1,3-7,14-15,19,23H,8-11,13,16H2,(H,29,31)/t19-,23+/m0/s1. The van der Waals surface area contributed by atoms with Gasteiger partial charge in [-0.1, -0.05) is 36.3 Å². The third-order valence-corrected chi connectivity index (χ3v) is 8.85. The van der Waals surface area contributed by atoms with Gasteiger partial charge in [0.15, 0.2) is 0 Å². The summed E-state index contributed by atoms with van der Waals surface area (Å²) < 4.78 is 58.2. The predicted octanol–water partition coefficient (Wildman–Crippen LogP) is 3.30. The number of rotatable bonds is 6. The molecule has 0 bridgehead atoms. The summed E-state index contributed by atoms with van der Waals surface area (Å²) in [4.78, 5) is 12.4. The van der Waals surface area contributed by atoms with E-state index in [1.165, 1.54) is 0 Å². The number of carbonyl (C=O) groups is 1. The summed E-state index contributed by atoms with van der Waals surface area (Å²) in [6.45, 7) is -0.650. The number of sulfonamides is 1. The average molecular weight is 484 g/mol. The normalized spacial score (nSPS) is 22.8. The van der Waals surface area contributed by atoms with Crippen molar-refractivity contribution in [3.63, 3.8) is 0 Å². The van der Waals surface area contributed by atoms with E-state index in [0.29, 0.717) is 31.2 Å². The molecule has 1 N–H and O–H groups in total. The lowest BCUT2D eigenvalue weighted by molar-refractivity contribution is -0.123. The Hall–Kier alpha value is -3.27. The Morgan fingerprint density at radius 2 is 1.88 bits per heavy atom. The minimum atomic E-state index is -3.95. The van der Waals surface area contributed by atoms with Crippen LogP contribution in [0.15, 0.2) is 42.5 Å². The number of halogens is 2. The number of benzene rings is 2. The van der Waals surface area contributed by atoms with E-state index >= 15 is 8.78 Å². The van der Waals surface area contributed by atoms with E-state index in [-0.39, 0.29) is 17.7 Å². The van der Waals surface area contributed by atoms with Crippen LogP contribution in [0.5, 0.6) is 0 Å². The van der Waals surface area contributed by atoms with Crippen LogP contribution in [0.4, 0.5) is 8.78 Å². The predicted molar refractivity (Wildman–Crippen MR) is 121 cm³/mol. The summed E-state index contributed by atoms with van der Waals surface area (Å²) in [5.74, 6) is 0.322. The van der Waals surface area contributed by atoms with Crippen LogP contribution in [0.2, 0.25) is 0 Å². The highest BCUT2D eigenvalue weighted by atomic mass is 32.2. The third-order valence-electron chi connectivity index (χ3n) is 6.59. The van der Waals surface area contributed by atoms with Gasteiger partial charge in [-0.15, -0.1) is 6.42 Å². The van der Waals surface area contributed by atoms with Crippen molar-refractivity contribution in [2.45, 2.75) is 48.9 Å². The molecule has 2 aromatic rings. The Morgan fingerprint density at radius 3 is 2.50 bits per heavy atom. The number of nitrogens with one attached hydrogen (secondary N) is 1. The van der Waals surface area contributed by atoms with Gasteiger partial charge in [-0.05, 0) is 43.4 Å². The van der Waals surface area contributed by atoms with Crippen molar-refractivity contribution in [1.82, 2.24) is 9.62 Å². The zero-order valence-corrected chi connectivity index (χ0v) is 19.1. The molecule has 2 fully saturated rings. The summed E-state index contributed by atoms with van der Waals surface area (Å²) >= 11 is 0. The fraction of sp³-hybridized carbons (Fsp3) is 0.360. The maximum Gasteiger partial charge on any atom is 0.231 e. The van der Waals surface area contributed by atoms with E-state index < -0.39 is 50.8 Å². The molecule has 1 saturated heterocycles. The SMILES string of the molecule is C#C[C@H]1CC[C@H](c2ccccc2)S(=O)(=O)N1Cc1cc(F)c(C2(C(=O)NCC#N)CC2)cc1F. The van der Waals surface area contributed by atoms with Crippen LogP contribution in [-0.2, 0) is 26.8 Å². The van der Waals surface area contributed by atoms with Crippen molar-refractivity contribution in [1.29, 1.82) is 5.26 Å². The Morgan fingerprint density at radius 1 is 1.18 bits per heavy atom. The lowest BCUT2D eigenvalue weighted by atomic mass is 9.93. The zero-order valence-electron chi connectivity index (χ0n) is 18.3. The maximum absolute atomic E-state index is 15.1. The van der Waals surface area contributed by atoms with Crippen LogP contribution in [0.3, 0.4) is 0 Å². The lowest BCUT2D eigenvalue weighted by Gasteiger charge is -2.37. The summed E-state index contributed by atoms with van der Waals surface area (Å²) in [6.07, 6.45) is 6.97. The lowest BCUT2D eigenvalue weighted by Crippen LogP contribution is -2.45. The fourth-order valence-corrected chi connectivity index (χ4v) is 6.69. The van der Waals surface area contributed by atoms with E-state index in [9.17, 15) is 13.2 Å². The monoisotopic (exact) mass is 483 g/mol. The van der Waals surface area contributed by atoms with Gasteiger partial charge in [-0.25, -0.2) is 17.2 Å². The molecular weight excluding hydrogens is 460 g/mol. The minimum absolute atomic E-state index is 0.0960. The highest BCUT2D eigenvalue weighted by molar-refractivity contribution is 7.89. The highest BCUT2D eigenvalue weighted by Gasteiger charge is 2.53. The second kappa shape index (κ2) is 9.17. The molecular formula is C25H23F2N3O3S. The fourth-order valence-electron chi connectivity index (χ4n) is 4.59. The molecule has 0 spiro atoms. The van der Waals surface area contributed by atoms with Crippen molar-refractivity contribution in [2.75, 3.05) is 6.54 Å². The molecule has 1 heterocycles. The Kier molecular flexibility index (Phi) is 6.44. The number of hydrogen-bond donors (Lipinski definition) is 1. The second-order valence-electron chi connectivity index (χ2n) is 8.60. The molecule has 9 heteroatoms. The van der Waals surface area contributed by atoms with Crippen LogP contribution in [0.1, 0.15) is 47.6 Å². The summed E-state index contributed by atoms with van der Waals surface area (Å²) in [6, 6.07) is 11.6. The maximum atomic E-state index is 15.1. The molecule has 1 aliphatic heterocycles. The minimum Gasteiger partial charge on any atom is -0.342 e. The Labute approximate surface area is 197 Å². The molecule has 176 valence electrons. The van der Waals surface area contributed by atoms with Crippen molar-refractivity contribution < 1.29 is 22.0 Å². The number of carbonyl (C=O) groups excluding carboxylic acids is 1. The molecule has 4 rings (SSSR count). The van der Waals surface area contributed by atoms with Gasteiger partial charge in [0.1, 0.15) is 23.4 Å². The number of terminal acetylenes is 1. The van der Waals surface area contributed by atoms with Gasteiger partial charge in [-0.3, -0.25) is 4.79 Å². The highest BCUT2D eigenvalue weighted by Crippen LogP contribution is 2.50. The zero-order chi connectivity index (χ0) is 24.5. The van der Waals surface area contributed by atoms with E-state index in [1.807, 2.05) is 0 Å². The third kappa shape index (κ3) is 4.18. The van der Waals surface area contributed by atoms with Gasteiger partial charge in [0.05, 0.1) is 17.5 Å². The van der Waals surface area contributed by atoms with Crippen LogP contribution in [0.25, 0.3) is 0 Å². The Balaban J connectivity index is 1.65. The Bertz CT molecular complexity index is 1300. The average Bonchev–Trinajstić information content (AvgIpc) is 3.63.